The zero-order valence-corrected chi connectivity index (χ0v) is 11.6. The molecule has 0 aliphatic heterocycles. The fourth-order valence-corrected chi connectivity index (χ4v) is 2.82. The SMILES string of the molecule is Cc1c(O)cccc1C(=O)Nc1nc2ccccc2s1. The fourth-order valence-electron chi connectivity index (χ4n) is 1.96. The molecular weight excluding hydrogens is 272 g/mol. The number of aromatic nitrogens is 1. The molecule has 0 saturated carbocycles. The number of fused-ring (bicyclic) bond motifs is 1. The molecule has 5 heteroatoms. The molecule has 20 heavy (non-hydrogen) atoms. The van der Waals surface area contributed by atoms with E-state index in [4.69, 9.17) is 0 Å². The molecular formula is C15H12N2O2S. The van der Waals surface area contributed by atoms with E-state index in [9.17, 15) is 9.90 Å². The third kappa shape index (κ3) is 2.23. The quantitative estimate of drug-likeness (QED) is 0.756. The average Bonchev–Trinajstić information content (AvgIpc) is 2.83. The van der Waals surface area contributed by atoms with Crippen molar-refractivity contribution in [3.05, 3.63) is 53.6 Å². The average molecular weight is 284 g/mol. The Hall–Kier alpha value is -2.40. The predicted molar refractivity (Wildman–Crippen MR) is 80.4 cm³/mol. The van der Waals surface area contributed by atoms with Crippen LogP contribution >= 0.6 is 11.3 Å². The summed E-state index contributed by atoms with van der Waals surface area (Å²) in [7, 11) is 0. The van der Waals surface area contributed by atoms with Crippen molar-refractivity contribution in [2.24, 2.45) is 0 Å². The van der Waals surface area contributed by atoms with Gasteiger partial charge in [0.2, 0.25) is 0 Å². The van der Waals surface area contributed by atoms with E-state index in [-0.39, 0.29) is 11.7 Å². The first-order valence-corrected chi connectivity index (χ1v) is 6.92. The van der Waals surface area contributed by atoms with Gasteiger partial charge in [-0.3, -0.25) is 10.1 Å². The van der Waals surface area contributed by atoms with Crippen molar-refractivity contribution in [2.75, 3.05) is 5.32 Å². The fraction of sp³-hybridized carbons (Fsp3) is 0.0667. The molecule has 0 saturated heterocycles. The number of nitrogens with zero attached hydrogens (tertiary/aromatic N) is 1. The maximum atomic E-state index is 12.2. The van der Waals surface area contributed by atoms with Crippen molar-refractivity contribution < 1.29 is 9.90 Å². The molecule has 1 aromatic heterocycles. The minimum atomic E-state index is -0.266. The van der Waals surface area contributed by atoms with Crippen LogP contribution in [-0.2, 0) is 0 Å². The Balaban J connectivity index is 1.90. The first kappa shape index (κ1) is 12.6. The summed E-state index contributed by atoms with van der Waals surface area (Å²) in [4.78, 5) is 16.6. The zero-order valence-electron chi connectivity index (χ0n) is 10.8. The van der Waals surface area contributed by atoms with Gasteiger partial charge in [0.25, 0.3) is 5.91 Å². The van der Waals surface area contributed by atoms with E-state index in [1.807, 2.05) is 24.3 Å². The lowest BCUT2D eigenvalue weighted by Crippen LogP contribution is -2.13. The number of benzene rings is 2. The first-order valence-electron chi connectivity index (χ1n) is 6.10. The van der Waals surface area contributed by atoms with Gasteiger partial charge in [-0.2, -0.15) is 0 Å². The smallest absolute Gasteiger partial charge is 0.257 e. The Bertz CT molecular complexity index is 762. The second-order valence-electron chi connectivity index (χ2n) is 4.39. The number of amides is 1. The molecule has 0 radical (unpaired) electrons. The topological polar surface area (TPSA) is 62.2 Å². The van der Waals surface area contributed by atoms with Gasteiger partial charge in [0.05, 0.1) is 10.2 Å². The first-order chi connectivity index (χ1) is 9.65. The summed E-state index contributed by atoms with van der Waals surface area (Å²) >= 11 is 1.42. The van der Waals surface area contributed by atoms with E-state index >= 15 is 0 Å². The van der Waals surface area contributed by atoms with E-state index in [1.165, 1.54) is 11.3 Å². The van der Waals surface area contributed by atoms with Crippen LogP contribution in [0.1, 0.15) is 15.9 Å². The molecule has 0 fully saturated rings. The van der Waals surface area contributed by atoms with Gasteiger partial charge >= 0.3 is 0 Å². The molecule has 1 heterocycles. The molecule has 0 aliphatic rings. The number of nitrogens with one attached hydrogen (secondary N) is 1. The van der Waals surface area contributed by atoms with Gasteiger partial charge in [-0.15, -0.1) is 0 Å². The summed E-state index contributed by atoms with van der Waals surface area (Å²) in [6.45, 7) is 1.71. The number of anilines is 1. The monoisotopic (exact) mass is 284 g/mol. The minimum Gasteiger partial charge on any atom is -0.508 e. The van der Waals surface area contributed by atoms with Crippen LogP contribution in [0.3, 0.4) is 0 Å². The third-order valence-corrected chi connectivity index (χ3v) is 4.02. The molecule has 3 rings (SSSR count). The second-order valence-corrected chi connectivity index (χ2v) is 5.42. The van der Waals surface area contributed by atoms with E-state index in [0.717, 1.165) is 10.2 Å². The highest BCUT2D eigenvalue weighted by Crippen LogP contribution is 2.26. The predicted octanol–water partition coefficient (Wildman–Crippen LogP) is 3.56. The molecule has 1 amide bonds. The van der Waals surface area contributed by atoms with Gasteiger partial charge in [-0.25, -0.2) is 4.98 Å². The van der Waals surface area contributed by atoms with Crippen molar-refractivity contribution in [2.45, 2.75) is 6.92 Å². The van der Waals surface area contributed by atoms with E-state index in [1.54, 1.807) is 25.1 Å². The molecule has 0 aliphatic carbocycles. The molecule has 0 atom stereocenters. The van der Waals surface area contributed by atoms with Crippen LogP contribution in [0, 0.1) is 6.92 Å². The molecule has 0 bridgehead atoms. The van der Waals surface area contributed by atoms with Crippen LogP contribution in [0.15, 0.2) is 42.5 Å². The third-order valence-electron chi connectivity index (χ3n) is 3.06. The van der Waals surface area contributed by atoms with Crippen LogP contribution in [-0.4, -0.2) is 16.0 Å². The Labute approximate surface area is 119 Å². The number of phenols is 1. The lowest BCUT2D eigenvalue weighted by atomic mass is 10.1. The zero-order chi connectivity index (χ0) is 14.1. The minimum absolute atomic E-state index is 0.113. The summed E-state index contributed by atoms with van der Waals surface area (Å²) < 4.78 is 1.02. The number of carbonyl (C=O) groups is 1. The summed E-state index contributed by atoms with van der Waals surface area (Å²) in [6, 6.07) is 12.6. The van der Waals surface area contributed by atoms with Gasteiger partial charge in [0.1, 0.15) is 5.75 Å². The van der Waals surface area contributed by atoms with Crippen molar-refractivity contribution in [1.29, 1.82) is 0 Å². The van der Waals surface area contributed by atoms with Gasteiger partial charge in [-0.05, 0) is 31.2 Å². The standard InChI is InChI=1S/C15H12N2O2S/c1-9-10(5-4-7-12(9)18)14(19)17-15-16-11-6-2-3-8-13(11)20-15/h2-8,18H,1H3,(H,16,17,19). The molecule has 4 nitrogen and oxygen atoms in total. The Morgan fingerprint density at radius 3 is 2.80 bits per heavy atom. The van der Waals surface area contributed by atoms with Gasteiger partial charge < -0.3 is 5.11 Å². The number of phenolic OH excluding ortho intramolecular Hbond substituents is 1. The van der Waals surface area contributed by atoms with Crippen LogP contribution < -0.4 is 5.32 Å². The van der Waals surface area contributed by atoms with Crippen LogP contribution in [0.25, 0.3) is 10.2 Å². The normalized spacial score (nSPS) is 10.7. The molecule has 0 unspecified atom stereocenters. The van der Waals surface area contributed by atoms with E-state index in [2.05, 4.69) is 10.3 Å². The Kier molecular flexibility index (Phi) is 3.12. The lowest BCUT2D eigenvalue weighted by Gasteiger charge is -2.06. The lowest BCUT2D eigenvalue weighted by molar-refractivity contribution is 0.102. The van der Waals surface area contributed by atoms with E-state index in [0.29, 0.717) is 16.3 Å². The van der Waals surface area contributed by atoms with Crippen LogP contribution in [0.4, 0.5) is 5.13 Å². The van der Waals surface area contributed by atoms with Crippen molar-refractivity contribution >= 4 is 32.6 Å². The summed E-state index contributed by atoms with van der Waals surface area (Å²) in [5, 5.41) is 13.0. The van der Waals surface area contributed by atoms with Crippen LogP contribution in [0.2, 0.25) is 0 Å². The van der Waals surface area contributed by atoms with Gasteiger partial charge in [0, 0.05) is 11.1 Å². The highest BCUT2D eigenvalue weighted by molar-refractivity contribution is 7.22. The number of hydrogen-bond acceptors (Lipinski definition) is 4. The maximum absolute atomic E-state index is 12.2. The molecule has 2 N–H and O–H groups in total. The Morgan fingerprint density at radius 1 is 1.20 bits per heavy atom. The van der Waals surface area contributed by atoms with Gasteiger partial charge in [0.15, 0.2) is 5.13 Å². The van der Waals surface area contributed by atoms with Gasteiger partial charge in [-0.1, -0.05) is 29.5 Å². The number of thiazole rings is 1. The summed E-state index contributed by atoms with van der Waals surface area (Å²) in [5.74, 6) is -0.153. The molecule has 0 spiro atoms. The number of hydrogen-bond donors (Lipinski definition) is 2. The molecule has 100 valence electrons. The summed E-state index contributed by atoms with van der Waals surface area (Å²) in [6.07, 6.45) is 0. The maximum Gasteiger partial charge on any atom is 0.257 e. The largest absolute Gasteiger partial charge is 0.508 e. The highest BCUT2D eigenvalue weighted by atomic mass is 32.1. The summed E-state index contributed by atoms with van der Waals surface area (Å²) in [5.41, 5.74) is 1.87. The van der Waals surface area contributed by atoms with Crippen molar-refractivity contribution in [1.82, 2.24) is 4.98 Å². The molecule has 3 aromatic rings. The van der Waals surface area contributed by atoms with Crippen molar-refractivity contribution in [3.63, 3.8) is 0 Å². The second kappa shape index (κ2) is 4.94. The van der Waals surface area contributed by atoms with E-state index < -0.39 is 0 Å². The van der Waals surface area contributed by atoms with Crippen molar-refractivity contribution in [3.8, 4) is 5.75 Å². The number of aromatic hydroxyl groups is 1. The van der Waals surface area contributed by atoms with Crippen LogP contribution in [0.5, 0.6) is 5.75 Å². The number of carbonyl (C=O) groups excluding carboxylic acids is 1. The number of rotatable bonds is 2. The Morgan fingerprint density at radius 2 is 2.00 bits per heavy atom. The molecule has 2 aromatic carbocycles. The number of para-hydroxylation sites is 1. The highest BCUT2D eigenvalue weighted by Gasteiger charge is 2.13.